The largest absolute Gasteiger partial charge is 0.392 e. The van der Waals surface area contributed by atoms with Gasteiger partial charge in [-0.25, -0.2) is 9.50 Å². The summed E-state index contributed by atoms with van der Waals surface area (Å²) in [5.41, 5.74) is 4.98. The van der Waals surface area contributed by atoms with E-state index in [1.165, 1.54) is 5.69 Å². The number of rotatable bonds is 6. The van der Waals surface area contributed by atoms with Gasteiger partial charge in [-0.1, -0.05) is 29.8 Å². The fourth-order valence-electron chi connectivity index (χ4n) is 4.30. The lowest BCUT2D eigenvalue weighted by molar-refractivity contribution is 0.123. The van der Waals surface area contributed by atoms with Gasteiger partial charge in [0.05, 0.1) is 23.5 Å². The Morgan fingerprint density at radius 1 is 1.03 bits per heavy atom. The molecule has 2 N–H and O–H groups in total. The van der Waals surface area contributed by atoms with Crippen molar-refractivity contribution in [3.05, 3.63) is 71.9 Å². The fourth-order valence-corrected chi connectivity index (χ4v) is 4.49. The molecule has 1 saturated heterocycles. The minimum Gasteiger partial charge on any atom is -0.392 e. The molecule has 1 aliphatic heterocycles. The summed E-state index contributed by atoms with van der Waals surface area (Å²) in [6, 6.07) is 20.1. The summed E-state index contributed by atoms with van der Waals surface area (Å²) in [6.45, 7) is 6.33. The average Bonchev–Trinajstić information content (AvgIpc) is 3.23. The number of halogens is 1. The zero-order chi connectivity index (χ0) is 22.8. The number of benzene rings is 2. The van der Waals surface area contributed by atoms with Gasteiger partial charge in [0.1, 0.15) is 0 Å². The van der Waals surface area contributed by atoms with Crippen molar-refractivity contribution in [1.29, 1.82) is 0 Å². The Morgan fingerprint density at radius 3 is 2.64 bits per heavy atom. The first-order valence-electron chi connectivity index (χ1n) is 11.2. The summed E-state index contributed by atoms with van der Waals surface area (Å²) < 4.78 is 1.88. The molecule has 0 saturated carbocycles. The van der Waals surface area contributed by atoms with Gasteiger partial charge in [0.15, 0.2) is 0 Å². The van der Waals surface area contributed by atoms with E-state index < -0.39 is 0 Å². The van der Waals surface area contributed by atoms with Crippen molar-refractivity contribution in [1.82, 2.24) is 19.5 Å². The van der Waals surface area contributed by atoms with E-state index >= 15 is 0 Å². The molecular weight excluding hydrogens is 436 g/mol. The van der Waals surface area contributed by atoms with Gasteiger partial charge in [0.25, 0.3) is 0 Å². The zero-order valence-electron chi connectivity index (χ0n) is 18.5. The Labute approximate surface area is 198 Å². The Morgan fingerprint density at radius 2 is 1.85 bits per heavy atom. The number of aliphatic hydroxyl groups is 1. The van der Waals surface area contributed by atoms with Crippen molar-refractivity contribution >= 4 is 34.4 Å². The monoisotopic (exact) mass is 462 g/mol. The van der Waals surface area contributed by atoms with Crippen LogP contribution in [0.15, 0.2) is 66.9 Å². The molecule has 7 nitrogen and oxygen atoms in total. The molecule has 0 aliphatic carbocycles. The maximum Gasteiger partial charge on any atom is 0.245 e. The van der Waals surface area contributed by atoms with Gasteiger partial charge in [-0.2, -0.15) is 0 Å². The van der Waals surface area contributed by atoms with Crippen molar-refractivity contribution in [3.63, 3.8) is 0 Å². The van der Waals surface area contributed by atoms with Crippen LogP contribution in [0.25, 0.3) is 16.8 Å². The predicted octanol–water partition coefficient (Wildman–Crippen LogP) is 4.30. The molecule has 1 atom stereocenters. The first kappa shape index (κ1) is 21.7. The Balaban J connectivity index is 1.34. The Hall–Kier alpha value is -3.13. The molecule has 33 heavy (non-hydrogen) atoms. The van der Waals surface area contributed by atoms with E-state index in [4.69, 9.17) is 16.7 Å². The molecule has 0 spiro atoms. The minimum atomic E-state index is -0.291. The van der Waals surface area contributed by atoms with Gasteiger partial charge in [0, 0.05) is 54.7 Å². The second-order valence-corrected chi connectivity index (χ2v) is 8.90. The highest BCUT2D eigenvalue weighted by molar-refractivity contribution is 6.30. The summed E-state index contributed by atoms with van der Waals surface area (Å²) in [5.74, 6) is 0.529. The van der Waals surface area contributed by atoms with Gasteiger partial charge in [0.2, 0.25) is 5.95 Å². The van der Waals surface area contributed by atoms with Crippen LogP contribution in [-0.4, -0.2) is 63.4 Å². The molecule has 0 radical (unpaired) electrons. The van der Waals surface area contributed by atoms with E-state index in [9.17, 15) is 5.11 Å². The molecule has 4 aromatic rings. The summed E-state index contributed by atoms with van der Waals surface area (Å²) in [6.07, 6.45) is 1.52. The van der Waals surface area contributed by atoms with Crippen LogP contribution in [0.1, 0.15) is 6.92 Å². The number of hydrogen-bond donors (Lipinski definition) is 2. The highest BCUT2D eigenvalue weighted by atomic mass is 35.5. The quantitative estimate of drug-likeness (QED) is 0.445. The molecule has 3 heterocycles. The van der Waals surface area contributed by atoms with Crippen LogP contribution in [0.3, 0.4) is 0 Å². The van der Waals surface area contributed by atoms with Crippen LogP contribution < -0.4 is 10.2 Å². The number of β-amino-alcohol motifs (C(OH)–C–C–N with tert-alkyl or cyclic N) is 1. The third-order valence-electron chi connectivity index (χ3n) is 5.88. The van der Waals surface area contributed by atoms with Crippen molar-refractivity contribution in [2.75, 3.05) is 42.9 Å². The Kier molecular flexibility index (Phi) is 6.17. The van der Waals surface area contributed by atoms with E-state index in [-0.39, 0.29) is 6.10 Å². The molecule has 1 fully saturated rings. The van der Waals surface area contributed by atoms with E-state index in [0.29, 0.717) is 11.0 Å². The SMILES string of the molecule is C[C@@H](O)CN1CCN(c2cccc(Nc3ncc4ccc(-c5cccc(Cl)c5)n4n3)c2)CC1. The fraction of sp³-hybridized carbons (Fsp3) is 0.280. The van der Waals surface area contributed by atoms with Gasteiger partial charge in [-0.05, 0) is 49.4 Å². The zero-order valence-corrected chi connectivity index (χ0v) is 19.3. The molecule has 170 valence electrons. The van der Waals surface area contributed by atoms with Crippen molar-refractivity contribution < 1.29 is 5.11 Å². The summed E-state index contributed by atoms with van der Waals surface area (Å²) in [7, 11) is 0. The number of aromatic nitrogens is 3. The molecular formula is C25H27ClN6O. The van der Waals surface area contributed by atoms with Gasteiger partial charge in [-0.3, -0.25) is 4.90 Å². The van der Waals surface area contributed by atoms with Crippen LogP contribution >= 0.6 is 11.6 Å². The van der Waals surface area contributed by atoms with Crippen LogP contribution in [-0.2, 0) is 0 Å². The van der Waals surface area contributed by atoms with Crippen LogP contribution in [0.2, 0.25) is 5.02 Å². The van der Waals surface area contributed by atoms with Gasteiger partial charge >= 0.3 is 0 Å². The predicted molar refractivity (Wildman–Crippen MR) is 133 cm³/mol. The molecule has 0 bridgehead atoms. The van der Waals surface area contributed by atoms with E-state index in [1.54, 1.807) is 0 Å². The van der Waals surface area contributed by atoms with Crippen molar-refractivity contribution in [2.45, 2.75) is 13.0 Å². The lowest BCUT2D eigenvalue weighted by Gasteiger charge is -2.36. The number of aliphatic hydroxyl groups excluding tert-OH is 1. The van der Waals surface area contributed by atoms with Gasteiger partial charge in [-0.15, -0.1) is 5.10 Å². The molecule has 0 unspecified atom stereocenters. The molecule has 8 heteroatoms. The second-order valence-electron chi connectivity index (χ2n) is 8.46. The third-order valence-corrected chi connectivity index (χ3v) is 6.12. The standard InChI is InChI=1S/C25H27ClN6O/c1-18(33)17-30-10-12-31(13-11-30)22-7-3-6-21(15-22)28-25-27-16-23-8-9-24(32(23)29-25)19-4-2-5-20(26)14-19/h2-9,14-16,18,33H,10-13,17H2,1H3,(H,28,29)/t18-/m1/s1. The number of nitrogens with one attached hydrogen (secondary N) is 1. The molecule has 5 rings (SSSR count). The second kappa shape index (κ2) is 9.39. The normalized spacial score (nSPS) is 15.7. The maximum atomic E-state index is 9.63. The van der Waals surface area contributed by atoms with Crippen LogP contribution in [0.5, 0.6) is 0 Å². The van der Waals surface area contributed by atoms with Gasteiger partial charge < -0.3 is 15.3 Å². The average molecular weight is 463 g/mol. The summed E-state index contributed by atoms with van der Waals surface area (Å²) in [4.78, 5) is 9.17. The molecule has 1 aliphatic rings. The smallest absolute Gasteiger partial charge is 0.245 e. The lowest BCUT2D eigenvalue weighted by atomic mass is 10.2. The van der Waals surface area contributed by atoms with E-state index in [0.717, 1.165) is 55.2 Å². The number of hydrogen-bond acceptors (Lipinski definition) is 6. The summed E-state index contributed by atoms with van der Waals surface area (Å²) >= 11 is 6.19. The topological polar surface area (TPSA) is 68.9 Å². The van der Waals surface area contributed by atoms with Crippen molar-refractivity contribution in [3.8, 4) is 11.3 Å². The van der Waals surface area contributed by atoms with Crippen molar-refractivity contribution in [2.24, 2.45) is 0 Å². The molecule has 0 amide bonds. The first-order valence-corrected chi connectivity index (χ1v) is 11.6. The van der Waals surface area contributed by atoms with Crippen LogP contribution in [0, 0.1) is 0 Å². The lowest BCUT2D eigenvalue weighted by Crippen LogP contribution is -2.48. The molecule has 2 aromatic heterocycles. The molecule has 2 aromatic carbocycles. The Bertz CT molecular complexity index is 1250. The minimum absolute atomic E-state index is 0.291. The third kappa shape index (κ3) is 4.95. The first-order chi connectivity index (χ1) is 16.0. The van der Waals surface area contributed by atoms with E-state index in [1.807, 2.05) is 66.2 Å². The maximum absolute atomic E-state index is 9.63. The highest BCUT2D eigenvalue weighted by Crippen LogP contribution is 2.26. The van der Waals surface area contributed by atoms with E-state index in [2.05, 4.69) is 32.2 Å². The number of nitrogens with zero attached hydrogens (tertiary/aromatic N) is 5. The summed E-state index contributed by atoms with van der Waals surface area (Å²) in [5, 5.41) is 18.4. The number of fused-ring (bicyclic) bond motifs is 1. The number of anilines is 3. The number of piperazine rings is 1. The van der Waals surface area contributed by atoms with Crippen LogP contribution in [0.4, 0.5) is 17.3 Å². The highest BCUT2D eigenvalue weighted by Gasteiger charge is 2.18.